The maximum atomic E-state index is 11.9. The summed E-state index contributed by atoms with van der Waals surface area (Å²) in [4.78, 5) is 11.9. The summed E-state index contributed by atoms with van der Waals surface area (Å²) < 4.78 is 0. The molecular weight excluding hydrogens is 272 g/mol. The van der Waals surface area contributed by atoms with Gasteiger partial charge in [0.25, 0.3) is 0 Å². The van der Waals surface area contributed by atoms with Crippen molar-refractivity contribution >= 4 is 18.3 Å². The van der Waals surface area contributed by atoms with Crippen molar-refractivity contribution in [1.82, 2.24) is 5.32 Å². The largest absolute Gasteiger partial charge is 0.352 e. The van der Waals surface area contributed by atoms with Crippen LogP contribution in [0.4, 0.5) is 0 Å². The first-order valence-corrected chi connectivity index (χ1v) is 7.26. The standard InChI is InChI=1S/C16H26N2O.ClH/c1-3-5-6-15(12-17)18-16(19)11-14-9-7-13(4-2)8-10-14;/h7-10,15H,3-6,11-12,17H2,1-2H3,(H,18,19);1H. The molecule has 1 unspecified atom stereocenters. The first kappa shape index (κ1) is 18.9. The van der Waals surface area contributed by atoms with E-state index in [2.05, 4.69) is 31.3 Å². The van der Waals surface area contributed by atoms with Gasteiger partial charge in [-0.15, -0.1) is 12.4 Å². The van der Waals surface area contributed by atoms with Gasteiger partial charge in [-0.05, 0) is 24.0 Å². The monoisotopic (exact) mass is 298 g/mol. The number of nitrogens with one attached hydrogen (secondary N) is 1. The number of benzene rings is 1. The zero-order chi connectivity index (χ0) is 14.1. The zero-order valence-electron chi connectivity index (χ0n) is 12.5. The molecule has 0 fully saturated rings. The van der Waals surface area contributed by atoms with Gasteiger partial charge in [-0.2, -0.15) is 0 Å². The van der Waals surface area contributed by atoms with Crippen LogP contribution in [0.25, 0.3) is 0 Å². The zero-order valence-corrected chi connectivity index (χ0v) is 13.3. The van der Waals surface area contributed by atoms with Crippen LogP contribution in [0.1, 0.15) is 44.2 Å². The van der Waals surface area contributed by atoms with E-state index in [1.807, 2.05) is 12.1 Å². The van der Waals surface area contributed by atoms with Gasteiger partial charge in [0.2, 0.25) is 5.91 Å². The van der Waals surface area contributed by atoms with Gasteiger partial charge in [0.15, 0.2) is 0 Å². The molecule has 0 radical (unpaired) electrons. The molecular formula is C16H27ClN2O. The highest BCUT2D eigenvalue weighted by atomic mass is 35.5. The predicted molar refractivity (Wildman–Crippen MR) is 87.3 cm³/mol. The third kappa shape index (κ3) is 6.92. The Kier molecular flexibility index (Phi) is 10.1. The molecule has 0 spiro atoms. The molecule has 1 rings (SSSR count). The second kappa shape index (κ2) is 10.7. The molecule has 0 aliphatic heterocycles. The Hall–Kier alpha value is -1.06. The van der Waals surface area contributed by atoms with Crippen molar-refractivity contribution in [2.75, 3.05) is 6.54 Å². The van der Waals surface area contributed by atoms with E-state index >= 15 is 0 Å². The molecule has 1 aromatic rings. The number of hydrogen-bond donors (Lipinski definition) is 2. The van der Waals surface area contributed by atoms with Gasteiger partial charge < -0.3 is 11.1 Å². The average Bonchev–Trinajstić information content (AvgIpc) is 2.44. The minimum absolute atomic E-state index is 0. The van der Waals surface area contributed by atoms with Crippen molar-refractivity contribution in [3.05, 3.63) is 35.4 Å². The lowest BCUT2D eigenvalue weighted by Gasteiger charge is -2.16. The first-order valence-electron chi connectivity index (χ1n) is 7.26. The Labute approximate surface area is 128 Å². The number of carbonyl (C=O) groups excluding carboxylic acids is 1. The number of hydrogen-bond acceptors (Lipinski definition) is 2. The number of amides is 1. The maximum Gasteiger partial charge on any atom is 0.224 e. The number of carbonyl (C=O) groups is 1. The highest BCUT2D eigenvalue weighted by molar-refractivity contribution is 5.85. The highest BCUT2D eigenvalue weighted by Gasteiger charge is 2.10. The van der Waals surface area contributed by atoms with Crippen LogP contribution in [0.15, 0.2) is 24.3 Å². The van der Waals surface area contributed by atoms with Crippen molar-refractivity contribution in [1.29, 1.82) is 0 Å². The average molecular weight is 299 g/mol. The molecule has 0 saturated carbocycles. The molecule has 3 N–H and O–H groups in total. The van der Waals surface area contributed by atoms with E-state index in [-0.39, 0.29) is 24.4 Å². The summed E-state index contributed by atoms with van der Waals surface area (Å²) in [6.07, 6.45) is 4.66. The predicted octanol–water partition coefficient (Wildman–Crippen LogP) is 2.85. The Balaban J connectivity index is 0.00000361. The van der Waals surface area contributed by atoms with Crippen LogP contribution in [0.5, 0.6) is 0 Å². The summed E-state index contributed by atoms with van der Waals surface area (Å²) in [6, 6.07) is 8.34. The SMILES string of the molecule is CCCCC(CN)NC(=O)Cc1ccc(CC)cc1.Cl. The van der Waals surface area contributed by atoms with Crippen LogP contribution in [-0.2, 0) is 17.6 Å². The highest BCUT2D eigenvalue weighted by Crippen LogP contribution is 2.06. The smallest absolute Gasteiger partial charge is 0.224 e. The van der Waals surface area contributed by atoms with Crippen LogP contribution in [-0.4, -0.2) is 18.5 Å². The van der Waals surface area contributed by atoms with E-state index < -0.39 is 0 Å². The third-order valence-electron chi connectivity index (χ3n) is 3.35. The lowest BCUT2D eigenvalue weighted by molar-refractivity contribution is -0.121. The van der Waals surface area contributed by atoms with Crippen molar-refractivity contribution in [3.8, 4) is 0 Å². The number of nitrogens with two attached hydrogens (primary N) is 1. The molecule has 20 heavy (non-hydrogen) atoms. The van der Waals surface area contributed by atoms with Crippen LogP contribution in [0.2, 0.25) is 0 Å². The molecule has 0 aromatic heterocycles. The van der Waals surface area contributed by atoms with Crippen molar-refractivity contribution in [2.24, 2.45) is 5.73 Å². The van der Waals surface area contributed by atoms with Gasteiger partial charge in [0.1, 0.15) is 0 Å². The summed E-state index contributed by atoms with van der Waals surface area (Å²) >= 11 is 0. The van der Waals surface area contributed by atoms with Crippen molar-refractivity contribution in [3.63, 3.8) is 0 Å². The van der Waals surface area contributed by atoms with Gasteiger partial charge >= 0.3 is 0 Å². The van der Waals surface area contributed by atoms with Gasteiger partial charge in [0, 0.05) is 12.6 Å². The number of aryl methyl sites for hydroxylation is 1. The van der Waals surface area contributed by atoms with E-state index in [4.69, 9.17) is 5.73 Å². The molecule has 0 saturated heterocycles. The minimum Gasteiger partial charge on any atom is -0.352 e. The molecule has 114 valence electrons. The van der Waals surface area contributed by atoms with Crippen molar-refractivity contribution in [2.45, 2.75) is 52.0 Å². The molecule has 4 heteroatoms. The number of rotatable bonds is 8. The van der Waals surface area contributed by atoms with Gasteiger partial charge in [-0.3, -0.25) is 4.79 Å². The summed E-state index contributed by atoms with van der Waals surface area (Å²) in [7, 11) is 0. The van der Waals surface area contributed by atoms with Gasteiger partial charge in [-0.1, -0.05) is 51.0 Å². The molecule has 0 bridgehead atoms. The molecule has 1 atom stereocenters. The molecule has 0 aliphatic rings. The lowest BCUT2D eigenvalue weighted by atomic mass is 10.1. The fraction of sp³-hybridized carbons (Fsp3) is 0.562. The second-order valence-electron chi connectivity index (χ2n) is 4.99. The molecule has 1 amide bonds. The topological polar surface area (TPSA) is 55.1 Å². The van der Waals surface area contributed by atoms with Crippen LogP contribution >= 0.6 is 12.4 Å². The summed E-state index contributed by atoms with van der Waals surface area (Å²) in [5.41, 5.74) is 8.03. The van der Waals surface area contributed by atoms with E-state index in [1.54, 1.807) is 0 Å². The fourth-order valence-electron chi connectivity index (χ4n) is 2.06. The Morgan fingerprint density at radius 2 is 1.80 bits per heavy atom. The van der Waals surface area contributed by atoms with Gasteiger partial charge in [0.05, 0.1) is 6.42 Å². The van der Waals surface area contributed by atoms with E-state index in [0.717, 1.165) is 31.2 Å². The summed E-state index contributed by atoms with van der Waals surface area (Å²) in [6.45, 7) is 4.78. The summed E-state index contributed by atoms with van der Waals surface area (Å²) in [5.74, 6) is 0.0656. The van der Waals surface area contributed by atoms with Gasteiger partial charge in [-0.25, -0.2) is 0 Å². The number of unbranched alkanes of at least 4 members (excludes halogenated alkanes) is 1. The Bertz CT molecular complexity index is 379. The van der Waals surface area contributed by atoms with Crippen LogP contribution in [0, 0.1) is 0 Å². The molecule has 1 aromatic carbocycles. The molecule has 3 nitrogen and oxygen atoms in total. The summed E-state index contributed by atoms with van der Waals surface area (Å²) in [5, 5.41) is 3.01. The molecule has 0 heterocycles. The Morgan fingerprint density at radius 1 is 1.20 bits per heavy atom. The van der Waals surface area contributed by atoms with Crippen LogP contribution < -0.4 is 11.1 Å². The fourth-order valence-corrected chi connectivity index (χ4v) is 2.06. The number of halogens is 1. The van der Waals surface area contributed by atoms with E-state index in [0.29, 0.717) is 13.0 Å². The van der Waals surface area contributed by atoms with Crippen molar-refractivity contribution < 1.29 is 4.79 Å². The Morgan fingerprint density at radius 3 is 2.30 bits per heavy atom. The third-order valence-corrected chi connectivity index (χ3v) is 3.35. The normalized spacial score (nSPS) is 11.6. The van der Waals surface area contributed by atoms with E-state index in [9.17, 15) is 4.79 Å². The lowest BCUT2D eigenvalue weighted by Crippen LogP contribution is -2.40. The second-order valence-corrected chi connectivity index (χ2v) is 4.99. The van der Waals surface area contributed by atoms with E-state index in [1.165, 1.54) is 5.56 Å². The first-order chi connectivity index (χ1) is 9.19. The molecule has 0 aliphatic carbocycles. The minimum atomic E-state index is 0. The quantitative estimate of drug-likeness (QED) is 0.775. The van der Waals surface area contributed by atoms with Crippen LogP contribution in [0.3, 0.4) is 0 Å². The maximum absolute atomic E-state index is 11.9.